The number of phenols is 1. The van der Waals surface area contributed by atoms with Crippen LogP contribution in [0.2, 0.25) is 0 Å². The number of rotatable bonds is 3. The van der Waals surface area contributed by atoms with E-state index in [2.05, 4.69) is 15.3 Å². The second kappa shape index (κ2) is 6.28. The zero-order valence-corrected chi connectivity index (χ0v) is 13.8. The molecule has 0 saturated carbocycles. The Morgan fingerprint density at radius 3 is 2.71 bits per heavy atom. The Bertz CT molecular complexity index is 947. The minimum Gasteiger partial charge on any atom is -0.508 e. The molecule has 0 aliphatic carbocycles. The van der Waals surface area contributed by atoms with Crippen LogP contribution in [0, 0.1) is 12.7 Å². The number of phenolic OH excluding ortho intramolecular Hbond substituents is 1. The van der Waals surface area contributed by atoms with Crippen LogP contribution in [-0.4, -0.2) is 15.1 Å². The topological polar surface area (TPSA) is 58.0 Å². The fourth-order valence-electron chi connectivity index (χ4n) is 2.52. The molecule has 0 aliphatic rings. The Labute approximate surface area is 139 Å². The summed E-state index contributed by atoms with van der Waals surface area (Å²) in [6, 6.07) is 8.37. The minimum absolute atomic E-state index is 0.125. The Morgan fingerprint density at radius 2 is 1.96 bits per heavy atom. The standard InChI is InChI=1S/C19H18FN3O/c1-11(2)8-15-12(3)4-7-16(18(15)20)23-19-14-6-5-13(24)9-17(14)21-10-22-19/h4-10,24H,1-3H3,(H,21,22,23). The molecular weight excluding hydrogens is 305 g/mol. The monoisotopic (exact) mass is 323 g/mol. The first-order valence-corrected chi connectivity index (χ1v) is 7.60. The summed E-state index contributed by atoms with van der Waals surface area (Å²) in [4.78, 5) is 8.32. The van der Waals surface area contributed by atoms with Gasteiger partial charge in [0.05, 0.1) is 11.2 Å². The highest BCUT2D eigenvalue weighted by Crippen LogP contribution is 2.29. The molecular formula is C19H18FN3O. The van der Waals surface area contributed by atoms with Crippen molar-refractivity contribution in [3.05, 3.63) is 59.2 Å². The summed E-state index contributed by atoms with van der Waals surface area (Å²) in [7, 11) is 0. The normalized spacial score (nSPS) is 10.7. The summed E-state index contributed by atoms with van der Waals surface area (Å²) in [5.74, 6) is 0.298. The second-order valence-electron chi connectivity index (χ2n) is 5.93. The van der Waals surface area contributed by atoms with Crippen LogP contribution in [0.4, 0.5) is 15.9 Å². The van der Waals surface area contributed by atoms with Gasteiger partial charge in [0.15, 0.2) is 5.82 Å². The number of benzene rings is 2. The van der Waals surface area contributed by atoms with Crippen molar-refractivity contribution < 1.29 is 9.50 Å². The van der Waals surface area contributed by atoms with Gasteiger partial charge in [-0.05, 0) is 44.5 Å². The summed E-state index contributed by atoms with van der Waals surface area (Å²) < 4.78 is 14.9. The lowest BCUT2D eigenvalue weighted by atomic mass is 10.0. The molecule has 24 heavy (non-hydrogen) atoms. The molecule has 5 heteroatoms. The zero-order chi connectivity index (χ0) is 17.3. The second-order valence-corrected chi connectivity index (χ2v) is 5.93. The summed E-state index contributed by atoms with van der Waals surface area (Å²) in [6.45, 7) is 5.75. The van der Waals surface area contributed by atoms with E-state index < -0.39 is 0 Å². The lowest BCUT2D eigenvalue weighted by Gasteiger charge is -2.12. The molecule has 0 saturated heterocycles. The molecule has 122 valence electrons. The molecule has 2 aromatic carbocycles. The van der Waals surface area contributed by atoms with Gasteiger partial charge in [-0.1, -0.05) is 17.7 Å². The third-order valence-corrected chi connectivity index (χ3v) is 3.70. The van der Waals surface area contributed by atoms with E-state index >= 15 is 0 Å². The molecule has 1 aromatic heterocycles. The number of aryl methyl sites for hydroxylation is 1. The maximum absolute atomic E-state index is 14.9. The predicted molar refractivity (Wildman–Crippen MR) is 94.9 cm³/mol. The fourth-order valence-corrected chi connectivity index (χ4v) is 2.52. The van der Waals surface area contributed by atoms with Crippen LogP contribution in [-0.2, 0) is 0 Å². The van der Waals surface area contributed by atoms with Crippen LogP contribution in [0.15, 0.2) is 42.2 Å². The van der Waals surface area contributed by atoms with E-state index in [1.807, 2.05) is 32.9 Å². The van der Waals surface area contributed by atoms with E-state index in [1.165, 1.54) is 6.33 Å². The van der Waals surface area contributed by atoms with Gasteiger partial charge in [-0.3, -0.25) is 0 Å². The molecule has 4 nitrogen and oxygen atoms in total. The molecule has 0 amide bonds. The molecule has 2 N–H and O–H groups in total. The van der Waals surface area contributed by atoms with Crippen LogP contribution in [0.5, 0.6) is 5.75 Å². The van der Waals surface area contributed by atoms with Gasteiger partial charge in [0.2, 0.25) is 0 Å². The van der Waals surface area contributed by atoms with Crippen LogP contribution in [0.1, 0.15) is 25.0 Å². The number of allylic oxidation sites excluding steroid dienone is 1. The molecule has 3 aromatic rings. The van der Waals surface area contributed by atoms with Crippen LogP contribution >= 0.6 is 0 Å². The Balaban J connectivity index is 2.08. The van der Waals surface area contributed by atoms with Crippen molar-refractivity contribution in [3.8, 4) is 5.75 Å². The van der Waals surface area contributed by atoms with Crippen molar-refractivity contribution in [2.75, 3.05) is 5.32 Å². The van der Waals surface area contributed by atoms with E-state index in [-0.39, 0.29) is 11.6 Å². The van der Waals surface area contributed by atoms with Gasteiger partial charge in [-0.25, -0.2) is 14.4 Å². The van der Waals surface area contributed by atoms with Gasteiger partial charge in [-0.15, -0.1) is 0 Å². The molecule has 1 heterocycles. The highest BCUT2D eigenvalue weighted by molar-refractivity contribution is 5.91. The van der Waals surface area contributed by atoms with Crippen molar-refractivity contribution in [2.24, 2.45) is 0 Å². The number of halogens is 1. The SMILES string of the molecule is CC(C)=Cc1c(C)ccc(Nc2ncnc3cc(O)ccc23)c1F. The summed E-state index contributed by atoms with van der Waals surface area (Å²) in [5.41, 5.74) is 3.40. The fraction of sp³-hybridized carbons (Fsp3) is 0.158. The van der Waals surface area contributed by atoms with E-state index in [1.54, 1.807) is 24.3 Å². The number of hydrogen-bond acceptors (Lipinski definition) is 4. The summed E-state index contributed by atoms with van der Waals surface area (Å²) >= 11 is 0. The maximum atomic E-state index is 14.9. The Hall–Kier alpha value is -2.95. The Morgan fingerprint density at radius 1 is 1.17 bits per heavy atom. The molecule has 0 unspecified atom stereocenters. The minimum atomic E-state index is -0.318. The lowest BCUT2D eigenvalue weighted by molar-refractivity contribution is 0.476. The third-order valence-electron chi connectivity index (χ3n) is 3.70. The van der Waals surface area contributed by atoms with Crippen molar-refractivity contribution in [1.29, 1.82) is 0 Å². The molecule has 0 bridgehead atoms. The van der Waals surface area contributed by atoms with E-state index in [0.29, 0.717) is 28.0 Å². The number of aromatic hydroxyl groups is 1. The molecule has 0 atom stereocenters. The van der Waals surface area contributed by atoms with E-state index in [9.17, 15) is 9.50 Å². The van der Waals surface area contributed by atoms with E-state index in [0.717, 1.165) is 11.1 Å². The van der Waals surface area contributed by atoms with Crippen molar-refractivity contribution in [3.63, 3.8) is 0 Å². The van der Waals surface area contributed by atoms with Gasteiger partial charge in [-0.2, -0.15) is 0 Å². The lowest BCUT2D eigenvalue weighted by Crippen LogP contribution is -2.00. The molecule has 3 rings (SSSR count). The van der Waals surface area contributed by atoms with Gasteiger partial charge in [0, 0.05) is 17.0 Å². The van der Waals surface area contributed by atoms with Crippen LogP contribution in [0.25, 0.3) is 17.0 Å². The van der Waals surface area contributed by atoms with Gasteiger partial charge in [0.1, 0.15) is 17.9 Å². The number of anilines is 2. The molecule has 0 aliphatic heterocycles. The van der Waals surface area contributed by atoms with Crippen molar-refractivity contribution in [1.82, 2.24) is 9.97 Å². The quantitative estimate of drug-likeness (QED) is 0.716. The van der Waals surface area contributed by atoms with Gasteiger partial charge >= 0.3 is 0 Å². The summed E-state index contributed by atoms with van der Waals surface area (Å²) in [6.07, 6.45) is 3.21. The zero-order valence-electron chi connectivity index (χ0n) is 13.8. The van der Waals surface area contributed by atoms with Crippen LogP contribution < -0.4 is 5.32 Å². The number of fused-ring (bicyclic) bond motifs is 1. The van der Waals surface area contributed by atoms with Crippen molar-refractivity contribution in [2.45, 2.75) is 20.8 Å². The third kappa shape index (κ3) is 3.06. The molecule has 0 radical (unpaired) electrons. The summed E-state index contributed by atoms with van der Waals surface area (Å²) in [5, 5.41) is 13.3. The van der Waals surface area contributed by atoms with Crippen LogP contribution in [0.3, 0.4) is 0 Å². The van der Waals surface area contributed by atoms with Crippen molar-refractivity contribution >= 4 is 28.5 Å². The number of nitrogens with one attached hydrogen (secondary N) is 1. The maximum Gasteiger partial charge on any atom is 0.154 e. The highest BCUT2D eigenvalue weighted by Gasteiger charge is 2.12. The highest BCUT2D eigenvalue weighted by atomic mass is 19.1. The van der Waals surface area contributed by atoms with Gasteiger partial charge < -0.3 is 10.4 Å². The Kier molecular flexibility index (Phi) is 4.16. The average Bonchev–Trinajstić information content (AvgIpc) is 2.53. The average molecular weight is 323 g/mol. The molecule has 0 spiro atoms. The first kappa shape index (κ1) is 15.9. The number of nitrogens with zero attached hydrogens (tertiary/aromatic N) is 2. The first-order valence-electron chi connectivity index (χ1n) is 7.60. The number of aromatic nitrogens is 2. The largest absolute Gasteiger partial charge is 0.508 e. The predicted octanol–water partition coefficient (Wildman–Crippen LogP) is 4.95. The van der Waals surface area contributed by atoms with Gasteiger partial charge in [0.25, 0.3) is 0 Å². The first-order chi connectivity index (χ1) is 11.5. The van der Waals surface area contributed by atoms with E-state index in [4.69, 9.17) is 0 Å². The molecule has 0 fully saturated rings. The number of hydrogen-bond donors (Lipinski definition) is 2. The smallest absolute Gasteiger partial charge is 0.154 e.